The lowest BCUT2D eigenvalue weighted by atomic mass is 9.99. The Kier molecular flexibility index (Phi) is 14.3. The lowest BCUT2D eigenvalue weighted by Gasteiger charge is -2.32. The summed E-state index contributed by atoms with van der Waals surface area (Å²) >= 11 is 0. The standard InChI is InChI=1S/2C26H28N4O3/c2*31-23(17-29-10-8-21-3-1-2-4-22(21)16-29)18-30-11-12-33-25-6-5-19(14-24(25)26(30)32)13-20-7-9-27-28-15-20/h2*1-7,9,14-15,23,31H,8,10-13,16-18H2/t2*23-/m10/s1. The Bertz CT molecular complexity index is 2420. The number of ether oxygens (including phenoxy) is 2. The van der Waals surface area contributed by atoms with Gasteiger partial charge in [-0.25, -0.2) is 0 Å². The van der Waals surface area contributed by atoms with Crippen molar-refractivity contribution in [3.63, 3.8) is 0 Å². The number of carbonyl (C=O) groups excluding carboxylic acids is 2. The van der Waals surface area contributed by atoms with E-state index in [1.165, 1.54) is 22.3 Å². The molecule has 0 radical (unpaired) electrons. The largest absolute Gasteiger partial charge is 0.491 e. The first-order chi connectivity index (χ1) is 32.3. The molecule has 14 heteroatoms. The van der Waals surface area contributed by atoms with Crippen LogP contribution in [-0.4, -0.2) is 140 Å². The van der Waals surface area contributed by atoms with Gasteiger partial charge in [0.15, 0.2) is 0 Å². The number of aromatic nitrogens is 4. The van der Waals surface area contributed by atoms with Gasteiger partial charge in [-0.05, 0) is 107 Å². The lowest BCUT2D eigenvalue weighted by Crippen LogP contribution is -2.44. The number of benzene rings is 4. The third-order valence-corrected chi connectivity index (χ3v) is 12.7. The summed E-state index contributed by atoms with van der Waals surface area (Å²) < 4.78 is 11.7. The molecule has 66 heavy (non-hydrogen) atoms. The van der Waals surface area contributed by atoms with Gasteiger partial charge in [0.05, 0.1) is 48.8 Å². The highest BCUT2D eigenvalue weighted by Crippen LogP contribution is 2.28. The SMILES string of the molecule is O=C1c2cc(Cc3ccnnc3)ccc2OCCN1C[C@@H](O)CN1CCc2ccccc2C1.O=C1c2cc(Cc3ccnnc3)ccc2OCCN1C[C@H](O)CN1CCc2ccccc2C1. The van der Waals surface area contributed by atoms with Crippen LogP contribution in [0.1, 0.15) is 65.2 Å². The van der Waals surface area contributed by atoms with Gasteiger partial charge in [-0.3, -0.25) is 19.4 Å². The van der Waals surface area contributed by atoms with Gasteiger partial charge in [-0.15, -0.1) is 0 Å². The summed E-state index contributed by atoms with van der Waals surface area (Å²) in [6, 6.07) is 32.2. The average molecular weight is 889 g/mol. The zero-order valence-electron chi connectivity index (χ0n) is 37.1. The normalized spacial score (nSPS) is 17.0. The number of nitrogens with zero attached hydrogens (tertiary/aromatic N) is 8. The third-order valence-electron chi connectivity index (χ3n) is 12.7. The number of hydrogen-bond donors (Lipinski definition) is 2. The number of aliphatic hydroxyl groups excluding tert-OH is 2. The van der Waals surface area contributed by atoms with Gasteiger partial charge in [-0.2, -0.15) is 20.4 Å². The number of amides is 2. The van der Waals surface area contributed by atoms with E-state index in [1.54, 1.807) is 34.6 Å². The molecule has 2 atom stereocenters. The second kappa shape index (κ2) is 21.2. The van der Waals surface area contributed by atoms with E-state index in [1.807, 2.05) is 48.5 Å². The van der Waals surface area contributed by atoms with Crippen LogP contribution in [-0.2, 0) is 38.8 Å². The maximum absolute atomic E-state index is 13.3. The van der Waals surface area contributed by atoms with Gasteiger partial charge >= 0.3 is 0 Å². The first-order valence-electron chi connectivity index (χ1n) is 22.9. The molecule has 4 aromatic carbocycles. The predicted octanol–water partition coefficient (Wildman–Crippen LogP) is 4.64. The summed E-state index contributed by atoms with van der Waals surface area (Å²) in [7, 11) is 0. The van der Waals surface area contributed by atoms with Gasteiger partial charge in [0.1, 0.15) is 24.7 Å². The Hall–Kier alpha value is -6.58. The van der Waals surface area contributed by atoms with Crippen LogP contribution < -0.4 is 9.47 Å². The molecule has 0 fully saturated rings. The van der Waals surface area contributed by atoms with Gasteiger partial charge in [0.25, 0.3) is 11.8 Å². The number of rotatable bonds is 12. The van der Waals surface area contributed by atoms with Crippen molar-refractivity contribution >= 4 is 11.8 Å². The Balaban J connectivity index is 0.000000166. The predicted molar refractivity (Wildman–Crippen MR) is 248 cm³/mol. The highest BCUT2D eigenvalue weighted by Gasteiger charge is 2.29. The van der Waals surface area contributed by atoms with Crippen molar-refractivity contribution in [2.45, 2.75) is 51.0 Å². The first kappa shape index (κ1) is 44.6. The summed E-state index contributed by atoms with van der Waals surface area (Å²) in [4.78, 5) is 34.6. The van der Waals surface area contributed by atoms with Crippen molar-refractivity contribution < 1.29 is 29.3 Å². The van der Waals surface area contributed by atoms with E-state index >= 15 is 0 Å². The van der Waals surface area contributed by atoms with E-state index in [-0.39, 0.29) is 24.9 Å². The highest BCUT2D eigenvalue weighted by molar-refractivity contribution is 5.98. The lowest BCUT2D eigenvalue weighted by molar-refractivity contribution is 0.0500. The molecule has 14 nitrogen and oxygen atoms in total. The molecular formula is C52H56N8O6. The maximum Gasteiger partial charge on any atom is 0.257 e. The monoisotopic (exact) mass is 888 g/mol. The molecule has 4 aliphatic heterocycles. The molecule has 0 bridgehead atoms. The van der Waals surface area contributed by atoms with Gasteiger partial charge in [0.2, 0.25) is 0 Å². The van der Waals surface area contributed by atoms with Crippen LogP contribution in [0.3, 0.4) is 0 Å². The van der Waals surface area contributed by atoms with Crippen molar-refractivity contribution in [1.29, 1.82) is 0 Å². The third kappa shape index (κ3) is 11.3. The summed E-state index contributed by atoms with van der Waals surface area (Å²) in [5.41, 5.74) is 10.6. The van der Waals surface area contributed by atoms with E-state index in [9.17, 15) is 19.8 Å². The van der Waals surface area contributed by atoms with Crippen LogP contribution in [0.4, 0.5) is 0 Å². The van der Waals surface area contributed by atoms with Crippen LogP contribution in [0, 0.1) is 0 Å². The smallest absolute Gasteiger partial charge is 0.257 e. The molecule has 2 aromatic heterocycles. The van der Waals surface area contributed by atoms with Crippen molar-refractivity contribution in [2.75, 3.05) is 65.6 Å². The number of β-amino-alcohol motifs (C(OH)–C–C–N with tert-alkyl or cyclic N) is 2. The minimum absolute atomic E-state index is 0.0970. The highest BCUT2D eigenvalue weighted by atomic mass is 16.5. The summed E-state index contributed by atoms with van der Waals surface area (Å²) in [6.07, 6.45) is 8.85. The Morgan fingerprint density at radius 1 is 0.500 bits per heavy atom. The second-order valence-electron chi connectivity index (χ2n) is 17.5. The fourth-order valence-corrected chi connectivity index (χ4v) is 9.34. The number of carbonyl (C=O) groups is 2. The van der Waals surface area contributed by atoms with E-state index in [0.29, 0.717) is 74.9 Å². The first-order valence-corrected chi connectivity index (χ1v) is 22.9. The molecule has 6 aromatic rings. The minimum Gasteiger partial charge on any atom is -0.491 e. The molecule has 10 rings (SSSR count). The molecule has 2 amide bonds. The van der Waals surface area contributed by atoms with Crippen LogP contribution in [0.2, 0.25) is 0 Å². The molecular weight excluding hydrogens is 833 g/mol. The van der Waals surface area contributed by atoms with Gasteiger partial charge in [-0.1, -0.05) is 60.7 Å². The number of hydrogen-bond acceptors (Lipinski definition) is 12. The van der Waals surface area contributed by atoms with E-state index in [0.717, 1.165) is 61.3 Å². The number of fused-ring (bicyclic) bond motifs is 4. The average Bonchev–Trinajstić information content (AvgIpc) is 3.59. The molecule has 2 N–H and O–H groups in total. The van der Waals surface area contributed by atoms with Crippen molar-refractivity contribution in [2.24, 2.45) is 0 Å². The summed E-state index contributed by atoms with van der Waals surface area (Å²) in [6.45, 7) is 6.90. The Morgan fingerprint density at radius 3 is 1.36 bits per heavy atom. The second-order valence-corrected chi connectivity index (χ2v) is 17.5. The van der Waals surface area contributed by atoms with E-state index < -0.39 is 12.2 Å². The zero-order chi connectivity index (χ0) is 45.2. The van der Waals surface area contributed by atoms with Crippen molar-refractivity contribution in [3.05, 3.63) is 177 Å². The molecule has 0 unspecified atom stereocenters. The molecule has 0 spiro atoms. The zero-order valence-corrected chi connectivity index (χ0v) is 37.1. The minimum atomic E-state index is -0.619. The Labute approximate surface area is 385 Å². The molecule has 340 valence electrons. The van der Waals surface area contributed by atoms with E-state index in [2.05, 4.69) is 78.7 Å². The molecule has 0 saturated heterocycles. The van der Waals surface area contributed by atoms with Crippen molar-refractivity contribution in [3.8, 4) is 11.5 Å². The van der Waals surface area contributed by atoms with Crippen LogP contribution in [0.15, 0.2) is 122 Å². The van der Waals surface area contributed by atoms with Crippen LogP contribution in [0.5, 0.6) is 11.5 Å². The quantitative estimate of drug-likeness (QED) is 0.176. The fourth-order valence-electron chi connectivity index (χ4n) is 9.34. The van der Waals surface area contributed by atoms with E-state index in [4.69, 9.17) is 9.47 Å². The fraction of sp³-hybridized carbons (Fsp3) is 0.346. The van der Waals surface area contributed by atoms with Crippen molar-refractivity contribution in [1.82, 2.24) is 40.0 Å². The molecule has 4 aliphatic rings. The molecule has 0 saturated carbocycles. The molecule has 0 aliphatic carbocycles. The Morgan fingerprint density at radius 2 is 0.939 bits per heavy atom. The number of aliphatic hydroxyl groups is 2. The summed E-state index contributed by atoms with van der Waals surface area (Å²) in [5.74, 6) is 1.00. The van der Waals surface area contributed by atoms with Gasteiger partial charge < -0.3 is 29.5 Å². The van der Waals surface area contributed by atoms with Crippen LogP contribution in [0.25, 0.3) is 0 Å². The van der Waals surface area contributed by atoms with Crippen LogP contribution >= 0.6 is 0 Å². The molecule has 6 heterocycles. The summed E-state index contributed by atoms with van der Waals surface area (Å²) in [5, 5.41) is 37.1. The topological polar surface area (TPSA) is 158 Å². The maximum atomic E-state index is 13.3. The van der Waals surface area contributed by atoms with Gasteiger partial charge in [0, 0.05) is 64.8 Å².